The quantitative estimate of drug-likeness (QED) is 0.793. The molecule has 1 atom stereocenters. The number of nitrogens with zero attached hydrogens (tertiary/aromatic N) is 1. The van der Waals surface area contributed by atoms with Crippen molar-refractivity contribution in [2.75, 3.05) is 26.7 Å². The van der Waals surface area contributed by atoms with Gasteiger partial charge in [0.05, 0.1) is 20.8 Å². The van der Waals surface area contributed by atoms with E-state index < -0.39 is 0 Å². The number of ether oxygens (including phenoxy) is 1. The van der Waals surface area contributed by atoms with Gasteiger partial charge in [0.15, 0.2) is 5.78 Å². The average Bonchev–Trinajstić information content (AvgIpc) is 2.76. The van der Waals surface area contributed by atoms with Crippen molar-refractivity contribution in [2.45, 2.75) is 25.4 Å². The number of ketones is 1. The second-order valence-corrected chi connectivity index (χ2v) is 7.46. The van der Waals surface area contributed by atoms with E-state index in [0.29, 0.717) is 6.54 Å². The summed E-state index contributed by atoms with van der Waals surface area (Å²) in [5.74, 6) is 0.200. The van der Waals surface area contributed by atoms with Crippen molar-refractivity contribution < 1.29 is 9.53 Å². The van der Waals surface area contributed by atoms with Crippen LogP contribution in [0, 0.1) is 0 Å². The van der Waals surface area contributed by atoms with Crippen LogP contribution in [0.4, 0.5) is 0 Å². The van der Waals surface area contributed by atoms with Crippen molar-refractivity contribution in [3.63, 3.8) is 0 Å². The molecule has 0 aliphatic carbocycles. The minimum absolute atomic E-state index is 0.103. The van der Waals surface area contributed by atoms with Gasteiger partial charge in [-0.05, 0) is 54.4 Å². The van der Waals surface area contributed by atoms with E-state index in [4.69, 9.17) is 4.74 Å². The fourth-order valence-electron chi connectivity index (χ4n) is 2.35. The van der Waals surface area contributed by atoms with Crippen LogP contribution in [0.3, 0.4) is 0 Å². The number of halogens is 1. The largest absolute Gasteiger partial charge is 0.377 e. The number of hydrogen-bond donors (Lipinski definition) is 0. The normalized spacial score (nSPS) is 25.3. The Bertz CT molecular complexity index is 434. The van der Waals surface area contributed by atoms with Crippen molar-refractivity contribution in [3.05, 3.63) is 20.8 Å². The summed E-state index contributed by atoms with van der Waals surface area (Å²) in [6.07, 6.45) is 2.16. The molecule has 1 aromatic rings. The van der Waals surface area contributed by atoms with Gasteiger partial charge in [0.2, 0.25) is 0 Å². The molecule has 0 bridgehead atoms. The minimum Gasteiger partial charge on any atom is -0.377 e. The van der Waals surface area contributed by atoms with Crippen molar-refractivity contribution >= 4 is 33.0 Å². The van der Waals surface area contributed by atoms with Crippen LogP contribution < -0.4 is 0 Å². The van der Waals surface area contributed by atoms with E-state index >= 15 is 0 Å². The van der Waals surface area contributed by atoms with E-state index in [1.54, 1.807) is 7.11 Å². The molecule has 0 radical (unpaired) electrons. The summed E-state index contributed by atoms with van der Waals surface area (Å²) in [4.78, 5) is 15.2. The number of thiophene rings is 1. The molecular weight excluding hydrogens is 314 g/mol. The van der Waals surface area contributed by atoms with E-state index in [1.165, 1.54) is 11.3 Å². The molecule has 1 unspecified atom stereocenters. The summed E-state index contributed by atoms with van der Waals surface area (Å²) in [6.45, 7) is 4.43. The molecule has 1 aliphatic rings. The summed E-state index contributed by atoms with van der Waals surface area (Å²) in [5, 5.41) is 0. The number of hydrogen-bond acceptors (Lipinski definition) is 4. The molecule has 2 heterocycles. The van der Waals surface area contributed by atoms with Crippen molar-refractivity contribution in [1.29, 1.82) is 0 Å². The van der Waals surface area contributed by atoms with Gasteiger partial charge in [0.1, 0.15) is 0 Å². The predicted octanol–water partition coefficient (Wildman–Crippen LogP) is 3.19. The van der Waals surface area contributed by atoms with Gasteiger partial charge in [-0.25, -0.2) is 0 Å². The van der Waals surface area contributed by atoms with E-state index in [9.17, 15) is 4.79 Å². The van der Waals surface area contributed by atoms with Crippen LogP contribution >= 0.6 is 27.3 Å². The molecule has 2 rings (SSSR count). The van der Waals surface area contributed by atoms with Crippen LogP contribution in [-0.4, -0.2) is 43.0 Å². The Kier molecular flexibility index (Phi) is 4.59. The number of likely N-dealkylation sites (tertiary alicyclic amines) is 1. The number of carbonyl (C=O) groups is 1. The lowest BCUT2D eigenvalue weighted by Gasteiger charge is -2.39. The predicted molar refractivity (Wildman–Crippen MR) is 77.4 cm³/mol. The summed E-state index contributed by atoms with van der Waals surface area (Å²) in [6, 6.07) is 3.81. The molecular formula is C13H18BrNO2S. The van der Waals surface area contributed by atoms with Gasteiger partial charge >= 0.3 is 0 Å². The van der Waals surface area contributed by atoms with E-state index in [0.717, 1.165) is 34.6 Å². The Morgan fingerprint density at radius 3 is 3.00 bits per heavy atom. The Morgan fingerprint density at radius 2 is 2.39 bits per heavy atom. The Balaban J connectivity index is 1.95. The molecule has 1 aromatic heterocycles. The maximum Gasteiger partial charge on any atom is 0.186 e. The van der Waals surface area contributed by atoms with E-state index in [1.807, 2.05) is 12.1 Å². The molecule has 1 aliphatic heterocycles. The molecule has 5 heteroatoms. The zero-order valence-corrected chi connectivity index (χ0v) is 13.1. The molecule has 1 saturated heterocycles. The first-order valence-corrected chi connectivity index (χ1v) is 7.69. The first kappa shape index (κ1) is 14.2. The Morgan fingerprint density at radius 1 is 1.61 bits per heavy atom. The van der Waals surface area contributed by atoms with E-state index in [2.05, 4.69) is 27.8 Å². The number of piperidine rings is 1. The molecule has 100 valence electrons. The number of Topliss-reactive ketones (excluding diaryl/α,β-unsaturated/α-hetero) is 1. The lowest BCUT2D eigenvalue weighted by Crippen LogP contribution is -2.48. The highest BCUT2D eigenvalue weighted by molar-refractivity contribution is 9.11. The summed E-state index contributed by atoms with van der Waals surface area (Å²) in [7, 11) is 1.75. The third-order valence-corrected chi connectivity index (χ3v) is 5.11. The second kappa shape index (κ2) is 5.82. The van der Waals surface area contributed by atoms with Gasteiger partial charge in [0.25, 0.3) is 0 Å². The number of rotatable bonds is 4. The second-order valence-electron chi connectivity index (χ2n) is 5.00. The highest BCUT2D eigenvalue weighted by atomic mass is 79.9. The van der Waals surface area contributed by atoms with Crippen molar-refractivity contribution in [1.82, 2.24) is 4.90 Å². The first-order valence-electron chi connectivity index (χ1n) is 6.08. The smallest absolute Gasteiger partial charge is 0.186 e. The Labute approximate surface area is 120 Å². The molecule has 0 N–H and O–H groups in total. The Hall–Kier alpha value is -0.230. The van der Waals surface area contributed by atoms with E-state index in [-0.39, 0.29) is 11.4 Å². The highest BCUT2D eigenvalue weighted by Crippen LogP contribution is 2.26. The molecule has 1 fully saturated rings. The lowest BCUT2D eigenvalue weighted by atomic mass is 9.94. The lowest BCUT2D eigenvalue weighted by molar-refractivity contribution is -0.0485. The summed E-state index contributed by atoms with van der Waals surface area (Å²) < 4.78 is 6.55. The topological polar surface area (TPSA) is 29.5 Å². The maximum atomic E-state index is 12.1. The molecule has 0 amide bonds. The molecule has 0 aromatic carbocycles. The fourth-order valence-corrected chi connectivity index (χ4v) is 3.67. The molecule has 0 saturated carbocycles. The standard InChI is InChI=1S/C13H18BrNO2S/c1-13(17-2)6-3-7-15(9-13)8-10(16)11-4-5-12(14)18-11/h4-5H,3,6-9H2,1-2H3. The van der Waals surface area contributed by atoms with Crippen molar-refractivity contribution in [3.8, 4) is 0 Å². The zero-order chi connectivity index (χ0) is 13.2. The minimum atomic E-state index is -0.103. The summed E-state index contributed by atoms with van der Waals surface area (Å²) in [5.41, 5.74) is -0.103. The molecule has 3 nitrogen and oxygen atoms in total. The van der Waals surface area contributed by atoms with Gasteiger partial charge in [-0.3, -0.25) is 9.69 Å². The summed E-state index contributed by atoms with van der Waals surface area (Å²) >= 11 is 4.89. The first-order chi connectivity index (χ1) is 8.52. The third kappa shape index (κ3) is 3.41. The third-order valence-electron chi connectivity index (χ3n) is 3.45. The van der Waals surface area contributed by atoms with Gasteiger partial charge in [-0.15, -0.1) is 11.3 Å². The van der Waals surface area contributed by atoms with Gasteiger partial charge < -0.3 is 4.74 Å². The average molecular weight is 332 g/mol. The monoisotopic (exact) mass is 331 g/mol. The van der Waals surface area contributed by atoms with Crippen LogP contribution in [0.1, 0.15) is 29.4 Å². The van der Waals surface area contributed by atoms with Crippen molar-refractivity contribution in [2.24, 2.45) is 0 Å². The van der Waals surface area contributed by atoms with Gasteiger partial charge in [-0.1, -0.05) is 0 Å². The zero-order valence-electron chi connectivity index (χ0n) is 10.7. The van der Waals surface area contributed by atoms with Crippen LogP contribution in [0.25, 0.3) is 0 Å². The SMILES string of the molecule is COC1(C)CCCN(CC(=O)c2ccc(Br)s2)C1. The van der Waals surface area contributed by atoms with Crippen LogP contribution in [0.2, 0.25) is 0 Å². The van der Waals surface area contributed by atoms with Crippen LogP contribution in [0.15, 0.2) is 15.9 Å². The molecule has 18 heavy (non-hydrogen) atoms. The fraction of sp³-hybridized carbons (Fsp3) is 0.615. The van der Waals surface area contributed by atoms with Gasteiger partial charge in [0, 0.05) is 13.7 Å². The molecule has 0 spiro atoms. The highest BCUT2D eigenvalue weighted by Gasteiger charge is 2.31. The van der Waals surface area contributed by atoms with Crippen LogP contribution in [-0.2, 0) is 4.74 Å². The van der Waals surface area contributed by atoms with Gasteiger partial charge in [-0.2, -0.15) is 0 Å². The maximum absolute atomic E-state index is 12.1. The number of methoxy groups -OCH3 is 1. The number of carbonyl (C=O) groups excluding carboxylic acids is 1. The van der Waals surface area contributed by atoms with Crippen LogP contribution in [0.5, 0.6) is 0 Å².